The molecule has 0 saturated carbocycles. The third-order valence-electron chi connectivity index (χ3n) is 6.56. The van der Waals surface area contributed by atoms with E-state index in [0.717, 1.165) is 35.8 Å². The second kappa shape index (κ2) is 8.02. The van der Waals surface area contributed by atoms with Crippen LogP contribution in [0.1, 0.15) is 32.8 Å². The number of fused-ring (bicyclic) bond motifs is 3. The summed E-state index contributed by atoms with van der Waals surface area (Å²) in [6.45, 7) is 10.6. The number of nitrogens with one attached hydrogen (secondary N) is 1. The molecule has 8 heteroatoms. The molecule has 3 saturated heterocycles. The molecule has 30 heavy (non-hydrogen) atoms. The van der Waals surface area contributed by atoms with Gasteiger partial charge in [0.25, 0.3) is 5.91 Å². The van der Waals surface area contributed by atoms with Crippen LogP contribution in [0.15, 0.2) is 18.2 Å². The number of rotatable bonds is 4. The molecule has 3 amide bonds. The minimum atomic E-state index is -0.380. The molecule has 1 N–H and O–H groups in total. The van der Waals surface area contributed by atoms with Gasteiger partial charge in [-0.25, -0.2) is 4.79 Å². The lowest BCUT2D eigenvalue weighted by Crippen LogP contribution is -2.66. The van der Waals surface area contributed by atoms with Crippen LogP contribution in [0.2, 0.25) is 5.02 Å². The summed E-state index contributed by atoms with van der Waals surface area (Å²) in [5.41, 5.74) is 2.09. The number of imide groups is 1. The number of hydrogen-bond donors (Lipinski definition) is 1. The third kappa shape index (κ3) is 3.47. The summed E-state index contributed by atoms with van der Waals surface area (Å²) in [5, 5.41) is 4.31. The molecule has 4 rings (SSSR count). The maximum absolute atomic E-state index is 13.5. The first-order valence-electron chi connectivity index (χ1n) is 10.8. The number of urea groups is 1. The maximum Gasteiger partial charge on any atom is 0.327 e. The van der Waals surface area contributed by atoms with E-state index in [1.165, 1.54) is 4.90 Å². The minimum absolute atomic E-state index is 0.0874. The van der Waals surface area contributed by atoms with E-state index >= 15 is 0 Å². The summed E-state index contributed by atoms with van der Waals surface area (Å²) < 4.78 is 0. The molecule has 0 aromatic heterocycles. The van der Waals surface area contributed by atoms with Gasteiger partial charge < -0.3 is 9.80 Å². The van der Waals surface area contributed by atoms with E-state index < -0.39 is 0 Å². The van der Waals surface area contributed by atoms with Gasteiger partial charge in [-0.05, 0) is 42.9 Å². The summed E-state index contributed by atoms with van der Waals surface area (Å²) in [7, 11) is 1.79. The Hall–Kier alpha value is -1.83. The highest BCUT2D eigenvalue weighted by molar-refractivity contribution is 6.31. The molecule has 0 radical (unpaired) electrons. The van der Waals surface area contributed by atoms with E-state index in [9.17, 15) is 9.59 Å². The molecule has 4 atom stereocenters. The number of hydrogen-bond acceptors (Lipinski definition) is 5. The number of benzene rings is 1. The van der Waals surface area contributed by atoms with E-state index in [1.54, 1.807) is 11.9 Å². The molecule has 3 aliphatic heterocycles. The number of halogens is 1. The van der Waals surface area contributed by atoms with E-state index in [4.69, 9.17) is 11.6 Å². The Bertz CT molecular complexity index is 847. The summed E-state index contributed by atoms with van der Waals surface area (Å²) in [4.78, 5) is 34.1. The van der Waals surface area contributed by atoms with Crippen molar-refractivity contribution in [3.63, 3.8) is 0 Å². The summed E-state index contributed by atoms with van der Waals surface area (Å²) >= 11 is 6.40. The van der Waals surface area contributed by atoms with Gasteiger partial charge in [-0.15, -0.1) is 0 Å². The van der Waals surface area contributed by atoms with Crippen molar-refractivity contribution in [2.45, 2.75) is 52.6 Å². The molecule has 0 bridgehead atoms. The smallest absolute Gasteiger partial charge is 0.327 e. The second-order valence-corrected chi connectivity index (χ2v) is 9.74. The topological polar surface area (TPSA) is 59.1 Å². The molecule has 7 nitrogen and oxygen atoms in total. The van der Waals surface area contributed by atoms with Gasteiger partial charge in [0.15, 0.2) is 0 Å². The van der Waals surface area contributed by atoms with Crippen molar-refractivity contribution in [3.05, 3.63) is 28.8 Å². The van der Waals surface area contributed by atoms with Crippen LogP contribution >= 0.6 is 11.6 Å². The molecule has 164 valence electrons. The van der Waals surface area contributed by atoms with E-state index in [0.29, 0.717) is 18.4 Å². The molecule has 4 unspecified atom stereocenters. The Morgan fingerprint density at radius 1 is 1.23 bits per heavy atom. The zero-order valence-electron chi connectivity index (χ0n) is 18.4. The quantitative estimate of drug-likeness (QED) is 0.791. The lowest BCUT2D eigenvalue weighted by atomic mass is 10.0. The van der Waals surface area contributed by atoms with Gasteiger partial charge in [0.2, 0.25) is 0 Å². The SMILES string of the molecule is Cc1c(Cl)cccc1N1CC(C)CN2C3C(=O)N(CCC(C)C)C(=O)N(C)C3NC12. The van der Waals surface area contributed by atoms with Crippen molar-refractivity contribution >= 4 is 29.2 Å². The molecule has 1 aromatic rings. The van der Waals surface area contributed by atoms with Crippen LogP contribution in [0.5, 0.6) is 0 Å². The average Bonchev–Trinajstić information content (AvgIpc) is 3.07. The fourth-order valence-corrected chi connectivity index (χ4v) is 5.07. The van der Waals surface area contributed by atoms with Gasteiger partial charge in [-0.2, -0.15) is 0 Å². The van der Waals surface area contributed by atoms with Crippen molar-refractivity contribution in [2.75, 3.05) is 31.6 Å². The Morgan fingerprint density at radius 2 is 1.97 bits per heavy atom. The first-order valence-corrected chi connectivity index (χ1v) is 11.2. The monoisotopic (exact) mass is 433 g/mol. The predicted molar refractivity (Wildman–Crippen MR) is 118 cm³/mol. The van der Waals surface area contributed by atoms with Gasteiger partial charge >= 0.3 is 6.03 Å². The molecule has 0 spiro atoms. The molecule has 0 aliphatic carbocycles. The number of carbonyl (C=O) groups is 2. The molecule has 3 heterocycles. The first kappa shape index (κ1) is 21.4. The van der Waals surface area contributed by atoms with Crippen LogP contribution in [0.4, 0.5) is 10.5 Å². The lowest BCUT2D eigenvalue weighted by molar-refractivity contribution is -0.139. The zero-order chi connectivity index (χ0) is 21.7. The van der Waals surface area contributed by atoms with Crippen LogP contribution in [0.25, 0.3) is 0 Å². The molecular formula is C22H32ClN5O2. The van der Waals surface area contributed by atoms with Crippen LogP contribution in [0.3, 0.4) is 0 Å². The zero-order valence-corrected chi connectivity index (χ0v) is 19.2. The minimum Gasteiger partial charge on any atom is -0.343 e. The van der Waals surface area contributed by atoms with Crippen molar-refractivity contribution < 1.29 is 9.59 Å². The van der Waals surface area contributed by atoms with Crippen molar-refractivity contribution in [2.24, 2.45) is 11.8 Å². The fourth-order valence-electron chi connectivity index (χ4n) is 4.90. The lowest BCUT2D eigenvalue weighted by Gasteiger charge is -2.46. The van der Waals surface area contributed by atoms with Gasteiger partial charge in [0.1, 0.15) is 18.5 Å². The number of carbonyl (C=O) groups excluding carboxylic acids is 2. The summed E-state index contributed by atoms with van der Waals surface area (Å²) in [6.07, 6.45) is 0.319. The molecular weight excluding hydrogens is 402 g/mol. The number of likely N-dealkylation sites (N-methyl/N-ethyl adjacent to an activating group) is 1. The van der Waals surface area contributed by atoms with Crippen molar-refractivity contribution in [1.82, 2.24) is 20.0 Å². The number of anilines is 1. The largest absolute Gasteiger partial charge is 0.343 e. The number of amides is 3. The first-order chi connectivity index (χ1) is 14.2. The Labute approximate surface area is 183 Å². The normalized spacial score (nSPS) is 29.6. The van der Waals surface area contributed by atoms with Gasteiger partial charge in [-0.1, -0.05) is 38.4 Å². The molecule has 3 aliphatic rings. The second-order valence-electron chi connectivity index (χ2n) is 9.33. The van der Waals surface area contributed by atoms with E-state index in [2.05, 4.69) is 42.0 Å². The fraction of sp³-hybridized carbons (Fsp3) is 0.636. The molecule has 3 fully saturated rings. The van der Waals surface area contributed by atoms with Crippen molar-refractivity contribution in [1.29, 1.82) is 0 Å². The number of nitrogens with zero attached hydrogens (tertiary/aromatic N) is 4. The average molecular weight is 434 g/mol. The van der Waals surface area contributed by atoms with Crippen LogP contribution in [0, 0.1) is 18.8 Å². The standard InChI is InChI=1S/C22H32ClN5O2/c1-13(2)9-10-26-20(29)18-19(25(5)22(26)30)24-21-27(11-14(3)12-28(18)21)17-8-6-7-16(23)15(17)4/h6-8,13-14,18-19,21,24H,9-12H2,1-5H3. The van der Waals surface area contributed by atoms with Crippen LogP contribution < -0.4 is 10.2 Å². The Balaban J connectivity index is 1.67. The highest BCUT2D eigenvalue weighted by Gasteiger charge is 2.56. The summed E-state index contributed by atoms with van der Waals surface area (Å²) in [5.74, 6) is 0.718. The van der Waals surface area contributed by atoms with Crippen LogP contribution in [-0.2, 0) is 4.79 Å². The van der Waals surface area contributed by atoms with Gasteiger partial charge in [-0.3, -0.25) is 19.9 Å². The van der Waals surface area contributed by atoms with E-state index in [1.807, 2.05) is 19.1 Å². The summed E-state index contributed by atoms with van der Waals surface area (Å²) in [6, 6.07) is 5.34. The predicted octanol–water partition coefficient (Wildman–Crippen LogP) is 2.93. The Kier molecular flexibility index (Phi) is 5.72. The third-order valence-corrected chi connectivity index (χ3v) is 6.97. The van der Waals surface area contributed by atoms with E-state index in [-0.39, 0.29) is 30.4 Å². The van der Waals surface area contributed by atoms with Gasteiger partial charge in [0.05, 0.1) is 0 Å². The Morgan fingerprint density at radius 3 is 2.67 bits per heavy atom. The van der Waals surface area contributed by atoms with Crippen LogP contribution in [-0.4, -0.2) is 71.8 Å². The van der Waals surface area contributed by atoms with Gasteiger partial charge in [0, 0.05) is 37.4 Å². The highest BCUT2D eigenvalue weighted by atomic mass is 35.5. The highest BCUT2D eigenvalue weighted by Crippen LogP contribution is 2.36. The van der Waals surface area contributed by atoms with Crippen molar-refractivity contribution in [3.8, 4) is 0 Å². The maximum atomic E-state index is 13.5. The molecule has 1 aromatic carbocycles.